The van der Waals surface area contributed by atoms with Crippen LogP contribution in [0.15, 0.2) is 17.4 Å². The largest absolute Gasteiger partial charge is 0.477 e. The fourth-order valence-corrected chi connectivity index (χ4v) is 2.51. The first-order valence-electron chi connectivity index (χ1n) is 6.08. The molecule has 8 heteroatoms. The van der Waals surface area contributed by atoms with Gasteiger partial charge in [0.1, 0.15) is 22.7 Å². The van der Waals surface area contributed by atoms with Gasteiger partial charge in [-0.2, -0.15) is 9.78 Å². The topological polar surface area (TPSA) is 107 Å². The van der Waals surface area contributed by atoms with Gasteiger partial charge in [0, 0.05) is 11.8 Å². The van der Waals surface area contributed by atoms with Crippen LogP contribution in [-0.4, -0.2) is 36.6 Å². The lowest BCUT2D eigenvalue weighted by molar-refractivity contribution is 0.0694. The molecule has 0 spiro atoms. The number of carboxylic acid groups (broad SMARTS) is 1. The average molecular weight is 293 g/mol. The third-order valence-corrected chi connectivity index (χ3v) is 3.72. The summed E-state index contributed by atoms with van der Waals surface area (Å²) >= 11 is 1.37. The Morgan fingerprint density at radius 2 is 2.25 bits per heavy atom. The van der Waals surface area contributed by atoms with E-state index in [4.69, 9.17) is 5.73 Å². The first-order chi connectivity index (χ1) is 9.54. The van der Waals surface area contributed by atoms with Crippen molar-refractivity contribution in [1.29, 1.82) is 0 Å². The smallest absolute Gasteiger partial charge is 0.342 e. The summed E-state index contributed by atoms with van der Waals surface area (Å²) in [5.41, 5.74) is 6.69. The Labute approximate surface area is 120 Å². The third kappa shape index (κ3) is 2.74. The number of nitrogen functional groups attached to an aromatic ring is 1. The van der Waals surface area contributed by atoms with Crippen molar-refractivity contribution in [2.24, 2.45) is 0 Å². The minimum Gasteiger partial charge on any atom is -0.477 e. The number of nitrogens with zero attached hydrogens (tertiary/aromatic N) is 4. The highest BCUT2D eigenvalue weighted by Crippen LogP contribution is 2.28. The van der Waals surface area contributed by atoms with Gasteiger partial charge in [-0.15, -0.1) is 11.8 Å². The normalized spacial score (nSPS) is 10.7. The fourth-order valence-electron chi connectivity index (χ4n) is 1.64. The number of hydrogen-bond donors (Lipinski definition) is 2. The standard InChI is InChI=1S/C12H15N5O2S/c1-3-4-20-11-9(12(18)19)10(13)17(16-11)8-5-7(2)14-6-15-8/h5-6H,3-4,13H2,1-2H3,(H,18,19). The Morgan fingerprint density at radius 1 is 1.50 bits per heavy atom. The van der Waals surface area contributed by atoms with Crippen LogP contribution < -0.4 is 5.73 Å². The second-order valence-electron chi connectivity index (χ2n) is 4.15. The lowest BCUT2D eigenvalue weighted by atomic mass is 10.3. The summed E-state index contributed by atoms with van der Waals surface area (Å²) < 4.78 is 1.34. The number of thioether (sulfide) groups is 1. The molecule has 0 aliphatic rings. The van der Waals surface area contributed by atoms with E-state index in [0.717, 1.165) is 17.9 Å². The van der Waals surface area contributed by atoms with Crippen LogP contribution in [0.25, 0.3) is 5.82 Å². The van der Waals surface area contributed by atoms with E-state index >= 15 is 0 Å². The summed E-state index contributed by atoms with van der Waals surface area (Å²) in [5.74, 6) is 0.229. The number of aromatic carboxylic acids is 1. The molecule has 0 amide bonds. The van der Waals surface area contributed by atoms with Gasteiger partial charge in [0.2, 0.25) is 0 Å². The summed E-state index contributed by atoms with van der Waals surface area (Å²) in [7, 11) is 0. The van der Waals surface area contributed by atoms with E-state index in [1.807, 2.05) is 13.8 Å². The van der Waals surface area contributed by atoms with Gasteiger partial charge in [0.25, 0.3) is 0 Å². The van der Waals surface area contributed by atoms with Crippen molar-refractivity contribution >= 4 is 23.5 Å². The molecule has 2 heterocycles. The van der Waals surface area contributed by atoms with Crippen LogP contribution in [0.3, 0.4) is 0 Å². The Bertz CT molecular complexity index is 641. The van der Waals surface area contributed by atoms with Crippen LogP contribution in [0.4, 0.5) is 5.82 Å². The quantitative estimate of drug-likeness (QED) is 0.809. The molecule has 0 aromatic carbocycles. The van der Waals surface area contributed by atoms with Crippen molar-refractivity contribution in [3.05, 3.63) is 23.7 Å². The zero-order valence-corrected chi connectivity index (χ0v) is 12.0. The average Bonchev–Trinajstić information content (AvgIpc) is 2.73. The molecule has 2 aromatic rings. The van der Waals surface area contributed by atoms with Crippen LogP contribution in [-0.2, 0) is 0 Å². The van der Waals surface area contributed by atoms with Gasteiger partial charge in [-0.3, -0.25) is 0 Å². The molecule has 0 aliphatic heterocycles. The highest BCUT2D eigenvalue weighted by atomic mass is 32.2. The Balaban J connectivity index is 2.52. The Morgan fingerprint density at radius 3 is 2.85 bits per heavy atom. The van der Waals surface area contributed by atoms with E-state index in [-0.39, 0.29) is 11.4 Å². The molecule has 0 saturated carbocycles. The van der Waals surface area contributed by atoms with Crippen molar-refractivity contribution in [2.75, 3.05) is 11.5 Å². The number of aromatic nitrogens is 4. The van der Waals surface area contributed by atoms with E-state index in [1.165, 1.54) is 22.8 Å². The van der Waals surface area contributed by atoms with Gasteiger partial charge < -0.3 is 10.8 Å². The van der Waals surface area contributed by atoms with Crippen molar-refractivity contribution in [2.45, 2.75) is 25.3 Å². The van der Waals surface area contributed by atoms with Crippen LogP contribution in [0.5, 0.6) is 0 Å². The van der Waals surface area contributed by atoms with E-state index in [0.29, 0.717) is 10.8 Å². The SMILES string of the molecule is CCCSc1nn(-c2cc(C)ncn2)c(N)c1C(=O)O. The van der Waals surface area contributed by atoms with Crippen molar-refractivity contribution in [1.82, 2.24) is 19.7 Å². The molecule has 0 atom stereocenters. The highest BCUT2D eigenvalue weighted by molar-refractivity contribution is 7.99. The number of anilines is 1. The second kappa shape index (κ2) is 5.91. The molecule has 0 saturated heterocycles. The van der Waals surface area contributed by atoms with Gasteiger partial charge in [-0.05, 0) is 19.1 Å². The maximum Gasteiger partial charge on any atom is 0.342 e. The lowest BCUT2D eigenvalue weighted by Crippen LogP contribution is -2.07. The molecule has 0 bridgehead atoms. The maximum absolute atomic E-state index is 11.3. The molecule has 7 nitrogen and oxygen atoms in total. The predicted molar refractivity (Wildman–Crippen MR) is 76.3 cm³/mol. The van der Waals surface area contributed by atoms with E-state index < -0.39 is 5.97 Å². The number of carboxylic acids is 1. The molecular formula is C12H15N5O2S. The fraction of sp³-hybridized carbons (Fsp3) is 0.333. The number of hydrogen-bond acceptors (Lipinski definition) is 6. The van der Waals surface area contributed by atoms with Crippen LogP contribution >= 0.6 is 11.8 Å². The Hall–Kier alpha value is -2.09. The van der Waals surface area contributed by atoms with Gasteiger partial charge in [-0.25, -0.2) is 14.8 Å². The number of carbonyl (C=O) groups is 1. The van der Waals surface area contributed by atoms with Gasteiger partial charge >= 0.3 is 5.97 Å². The summed E-state index contributed by atoms with van der Waals surface area (Å²) in [6, 6.07) is 1.70. The minimum atomic E-state index is -1.09. The molecule has 106 valence electrons. The van der Waals surface area contributed by atoms with Crippen LogP contribution in [0.2, 0.25) is 0 Å². The van der Waals surface area contributed by atoms with Crippen molar-refractivity contribution < 1.29 is 9.90 Å². The predicted octanol–water partition coefficient (Wildman–Crippen LogP) is 1.75. The van der Waals surface area contributed by atoms with Gasteiger partial charge in [0.15, 0.2) is 5.82 Å². The van der Waals surface area contributed by atoms with Crippen LogP contribution in [0, 0.1) is 6.92 Å². The van der Waals surface area contributed by atoms with Gasteiger partial charge in [0.05, 0.1) is 0 Å². The highest BCUT2D eigenvalue weighted by Gasteiger charge is 2.23. The molecule has 2 aromatic heterocycles. The monoisotopic (exact) mass is 293 g/mol. The summed E-state index contributed by atoms with van der Waals surface area (Å²) in [6.45, 7) is 3.83. The molecule has 0 fully saturated rings. The first-order valence-corrected chi connectivity index (χ1v) is 7.06. The number of nitrogens with two attached hydrogens (primary N) is 1. The zero-order chi connectivity index (χ0) is 14.7. The molecule has 0 unspecified atom stereocenters. The summed E-state index contributed by atoms with van der Waals surface area (Å²) in [5, 5.41) is 14.0. The number of aryl methyl sites for hydroxylation is 1. The summed E-state index contributed by atoms with van der Waals surface area (Å²) in [4.78, 5) is 19.4. The zero-order valence-electron chi connectivity index (χ0n) is 11.2. The summed E-state index contributed by atoms with van der Waals surface area (Å²) in [6.07, 6.45) is 2.31. The molecule has 20 heavy (non-hydrogen) atoms. The van der Waals surface area contributed by atoms with Gasteiger partial charge in [-0.1, -0.05) is 6.92 Å². The van der Waals surface area contributed by atoms with E-state index in [1.54, 1.807) is 6.07 Å². The first kappa shape index (κ1) is 14.3. The minimum absolute atomic E-state index is 0.0275. The third-order valence-electron chi connectivity index (χ3n) is 2.55. The molecule has 2 rings (SSSR count). The van der Waals surface area contributed by atoms with Crippen LogP contribution in [0.1, 0.15) is 29.4 Å². The second-order valence-corrected chi connectivity index (χ2v) is 5.23. The molecule has 0 aliphatic carbocycles. The Kier molecular flexibility index (Phi) is 4.23. The van der Waals surface area contributed by atoms with Crippen molar-refractivity contribution in [3.8, 4) is 5.82 Å². The molecule has 0 radical (unpaired) electrons. The lowest BCUT2D eigenvalue weighted by Gasteiger charge is -2.02. The number of rotatable bonds is 5. The van der Waals surface area contributed by atoms with Crippen molar-refractivity contribution in [3.63, 3.8) is 0 Å². The van der Waals surface area contributed by atoms with E-state index in [2.05, 4.69) is 15.1 Å². The maximum atomic E-state index is 11.3. The van der Waals surface area contributed by atoms with E-state index in [9.17, 15) is 9.90 Å². The molecule has 3 N–H and O–H groups in total. The molecular weight excluding hydrogens is 278 g/mol.